The van der Waals surface area contributed by atoms with Crippen LogP contribution in [0.2, 0.25) is 0 Å². The summed E-state index contributed by atoms with van der Waals surface area (Å²) in [4.78, 5) is 0. The predicted octanol–water partition coefficient (Wildman–Crippen LogP) is 4.43. The quantitative estimate of drug-likeness (QED) is 0.822. The molecule has 110 valence electrons. The van der Waals surface area contributed by atoms with Crippen LogP contribution in [0.5, 0.6) is 5.75 Å². The molecule has 0 unspecified atom stereocenters. The average Bonchev–Trinajstić information content (AvgIpc) is 2.37. The Labute approximate surface area is 131 Å². The molecule has 2 rings (SSSR count). The fourth-order valence-electron chi connectivity index (χ4n) is 2.25. The van der Waals surface area contributed by atoms with E-state index in [-0.39, 0.29) is 0 Å². The van der Waals surface area contributed by atoms with E-state index >= 15 is 0 Å². The van der Waals surface area contributed by atoms with Crippen LogP contribution >= 0.6 is 12.2 Å². The summed E-state index contributed by atoms with van der Waals surface area (Å²) in [5.41, 5.74) is 5.39. The van der Waals surface area contributed by atoms with E-state index in [0.29, 0.717) is 5.11 Å². The molecule has 0 heterocycles. The van der Waals surface area contributed by atoms with Crippen LogP contribution in [0.25, 0.3) is 0 Å². The maximum Gasteiger partial charge on any atom is 0.175 e. The topological polar surface area (TPSA) is 33.3 Å². The summed E-state index contributed by atoms with van der Waals surface area (Å²) in [6.07, 6.45) is 0. The van der Waals surface area contributed by atoms with Crippen LogP contribution in [0.3, 0.4) is 0 Å². The number of methoxy groups -OCH3 is 1. The molecule has 0 aromatic heterocycles. The summed E-state index contributed by atoms with van der Waals surface area (Å²) in [7, 11) is 1.65. The second-order valence-electron chi connectivity index (χ2n) is 5.16. The molecule has 2 N–H and O–H groups in total. The van der Waals surface area contributed by atoms with Crippen molar-refractivity contribution in [3.8, 4) is 5.75 Å². The smallest absolute Gasteiger partial charge is 0.175 e. The van der Waals surface area contributed by atoms with Crippen molar-refractivity contribution in [2.75, 3.05) is 17.7 Å². The number of rotatable bonds is 3. The molecule has 3 nitrogen and oxygen atoms in total. The average molecular weight is 300 g/mol. The minimum Gasteiger partial charge on any atom is -0.495 e. The van der Waals surface area contributed by atoms with Crippen molar-refractivity contribution in [2.45, 2.75) is 20.8 Å². The lowest BCUT2D eigenvalue weighted by molar-refractivity contribution is 0.417. The van der Waals surface area contributed by atoms with Gasteiger partial charge in [0, 0.05) is 5.69 Å². The van der Waals surface area contributed by atoms with E-state index in [9.17, 15) is 0 Å². The number of ether oxygens (including phenoxy) is 1. The third kappa shape index (κ3) is 4.20. The van der Waals surface area contributed by atoms with Gasteiger partial charge in [0.15, 0.2) is 5.11 Å². The Hall–Kier alpha value is -2.07. The van der Waals surface area contributed by atoms with E-state index in [2.05, 4.69) is 42.7 Å². The molecule has 0 fully saturated rings. The number of hydrogen-bond acceptors (Lipinski definition) is 2. The molecule has 21 heavy (non-hydrogen) atoms. The minimum atomic E-state index is 0.545. The SMILES string of the molecule is COc1ccc(C)cc1NC(=S)Nc1cc(C)cc(C)c1. The summed E-state index contributed by atoms with van der Waals surface area (Å²) < 4.78 is 5.34. The number of benzene rings is 2. The Bertz CT molecular complexity index is 648. The molecule has 0 amide bonds. The number of aryl methyl sites for hydroxylation is 3. The lowest BCUT2D eigenvalue weighted by Crippen LogP contribution is -2.19. The molecule has 0 saturated heterocycles. The zero-order valence-electron chi connectivity index (χ0n) is 12.8. The lowest BCUT2D eigenvalue weighted by atomic mass is 10.1. The fourth-order valence-corrected chi connectivity index (χ4v) is 2.48. The predicted molar refractivity (Wildman–Crippen MR) is 93.5 cm³/mol. The van der Waals surface area contributed by atoms with Crippen molar-refractivity contribution in [1.82, 2.24) is 0 Å². The largest absolute Gasteiger partial charge is 0.495 e. The van der Waals surface area contributed by atoms with E-state index in [1.54, 1.807) is 7.11 Å². The van der Waals surface area contributed by atoms with Crippen LogP contribution in [0.1, 0.15) is 16.7 Å². The number of hydrogen-bond donors (Lipinski definition) is 2. The second kappa shape index (κ2) is 6.59. The molecular formula is C17H20N2OS. The Morgan fingerprint density at radius 2 is 1.57 bits per heavy atom. The number of nitrogens with one attached hydrogen (secondary N) is 2. The van der Waals surface area contributed by atoms with Crippen LogP contribution in [0, 0.1) is 20.8 Å². The van der Waals surface area contributed by atoms with Gasteiger partial charge < -0.3 is 15.4 Å². The van der Waals surface area contributed by atoms with Gasteiger partial charge in [0.1, 0.15) is 5.75 Å². The molecule has 0 atom stereocenters. The van der Waals surface area contributed by atoms with E-state index in [1.807, 2.05) is 25.1 Å². The minimum absolute atomic E-state index is 0.545. The molecule has 0 spiro atoms. The van der Waals surface area contributed by atoms with Crippen LogP contribution in [0.4, 0.5) is 11.4 Å². The van der Waals surface area contributed by atoms with Gasteiger partial charge in [-0.1, -0.05) is 12.1 Å². The third-order valence-electron chi connectivity index (χ3n) is 3.08. The van der Waals surface area contributed by atoms with E-state index in [0.717, 1.165) is 22.7 Å². The molecule has 0 bridgehead atoms. The Morgan fingerprint density at radius 3 is 2.19 bits per heavy atom. The van der Waals surface area contributed by atoms with E-state index in [1.165, 1.54) is 11.1 Å². The molecule has 0 aliphatic heterocycles. The van der Waals surface area contributed by atoms with Gasteiger partial charge in [-0.2, -0.15) is 0 Å². The first-order chi connectivity index (χ1) is 9.97. The molecule has 2 aromatic carbocycles. The van der Waals surface area contributed by atoms with Crippen molar-refractivity contribution < 1.29 is 4.74 Å². The standard InChI is InChI=1S/C17H20N2OS/c1-11-5-6-16(20-4)15(10-11)19-17(21)18-14-8-12(2)7-13(3)9-14/h5-10H,1-4H3,(H2,18,19,21). The van der Waals surface area contributed by atoms with Crippen molar-refractivity contribution in [3.05, 3.63) is 53.1 Å². The van der Waals surface area contributed by atoms with Gasteiger partial charge in [-0.05, 0) is 73.9 Å². The highest BCUT2D eigenvalue weighted by atomic mass is 32.1. The highest BCUT2D eigenvalue weighted by molar-refractivity contribution is 7.80. The molecular weight excluding hydrogens is 280 g/mol. The van der Waals surface area contributed by atoms with Crippen molar-refractivity contribution in [3.63, 3.8) is 0 Å². The van der Waals surface area contributed by atoms with E-state index < -0.39 is 0 Å². The summed E-state index contributed by atoms with van der Waals surface area (Å²) in [6.45, 7) is 6.17. The van der Waals surface area contributed by atoms with Gasteiger partial charge in [-0.15, -0.1) is 0 Å². The van der Waals surface area contributed by atoms with Crippen molar-refractivity contribution in [2.24, 2.45) is 0 Å². The normalized spacial score (nSPS) is 10.1. The Balaban J connectivity index is 2.13. The van der Waals surface area contributed by atoms with E-state index in [4.69, 9.17) is 17.0 Å². The summed E-state index contributed by atoms with van der Waals surface area (Å²) in [6, 6.07) is 12.2. The second-order valence-corrected chi connectivity index (χ2v) is 5.57. The van der Waals surface area contributed by atoms with Crippen LogP contribution in [-0.4, -0.2) is 12.2 Å². The zero-order chi connectivity index (χ0) is 15.4. The maximum atomic E-state index is 5.38. The maximum absolute atomic E-state index is 5.38. The van der Waals surface area contributed by atoms with Crippen molar-refractivity contribution in [1.29, 1.82) is 0 Å². The highest BCUT2D eigenvalue weighted by Gasteiger charge is 2.06. The Morgan fingerprint density at radius 1 is 0.905 bits per heavy atom. The summed E-state index contributed by atoms with van der Waals surface area (Å²) >= 11 is 5.38. The first kappa shape index (κ1) is 15.3. The molecule has 0 aliphatic rings. The summed E-state index contributed by atoms with van der Waals surface area (Å²) in [5.74, 6) is 0.769. The summed E-state index contributed by atoms with van der Waals surface area (Å²) in [5, 5.41) is 6.94. The van der Waals surface area contributed by atoms with Crippen LogP contribution < -0.4 is 15.4 Å². The molecule has 0 saturated carbocycles. The molecule has 0 aliphatic carbocycles. The highest BCUT2D eigenvalue weighted by Crippen LogP contribution is 2.25. The first-order valence-corrected chi connectivity index (χ1v) is 7.19. The monoisotopic (exact) mass is 300 g/mol. The van der Waals surface area contributed by atoms with Crippen LogP contribution in [0.15, 0.2) is 36.4 Å². The van der Waals surface area contributed by atoms with Gasteiger partial charge >= 0.3 is 0 Å². The fraction of sp³-hybridized carbons (Fsp3) is 0.235. The molecule has 2 aromatic rings. The molecule has 4 heteroatoms. The number of anilines is 2. The molecule has 0 radical (unpaired) electrons. The van der Waals surface area contributed by atoms with Gasteiger partial charge in [0.05, 0.1) is 12.8 Å². The zero-order valence-corrected chi connectivity index (χ0v) is 13.6. The van der Waals surface area contributed by atoms with Gasteiger partial charge in [-0.3, -0.25) is 0 Å². The first-order valence-electron chi connectivity index (χ1n) is 6.79. The van der Waals surface area contributed by atoms with Gasteiger partial charge in [0.2, 0.25) is 0 Å². The van der Waals surface area contributed by atoms with Gasteiger partial charge in [0.25, 0.3) is 0 Å². The Kier molecular flexibility index (Phi) is 4.81. The van der Waals surface area contributed by atoms with Crippen LogP contribution in [-0.2, 0) is 0 Å². The lowest BCUT2D eigenvalue weighted by Gasteiger charge is -2.14. The van der Waals surface area contributed by atoms with Gasteiger partial charge in [-0.25, -0.2) is 0 Å². The number of thiocarbonyl (C=S) groups is 1. The van der Waals surface area contributed by atoms with Crippen molar-refractivity contribution >= 4 is 28.7 Å². The third-order valence-corrected chi connectivity index (χ3v) is 3.29.